The average molecular weight is 475 g/mol. The van der Waals surface area contributed by atoms with E-state index in [-0.39, 0.29) is 32.4 Å². The Hall–Kier alpha value is -3.30. The van der Waals surface area contributed by atoms with Crippen molar-refractivity contribution in [2.75, 3.05) is 41.2 Å². The first-order valence-corrected chi connectivity index (χ1v) is 10.8. The zero-order chi connectivity index (χ0) is 24.9. The van der Waals surface area contributed by atoms with E-state index in [9.17, 15) is 14.7 Å². The van der Waals surface area contributed by atoms with Gasteiger partial charge in [-0.3, -0.25) is 0 Å². The molecule has 0 bridgehead atoms. The van der Waals surface area contributed by atoms with Crippen molar-refractivity contribution in [3.63, 3.8) is 0 Å². The first-order chi connectivity index (χ1) is 16.2. The van der Waals surface area contributed by atoms with Gasteiger partial charge in [0.05, 0.1) is 39.6 Å². The molecule has 9 nitrogen and oxygen atoms in total. The highest BCUT2D eigenvalue weighted by atomic mass is 16.6. The molecule has 0 amide bonds. The Morgan fingerprint density at radius 1 is 1.03 bits per heavy atom. The van der Waals surface area contributed by atoms with Crippen LogP contribution in [0.25, 0.3) is 11.1 Å². The average Bonchev–Trinajstić information content (AvgIpc) is 3.20. The third-order valence-electron chi connectivity index (χ3n) is 5.63. The zero-order valence-corrected chi connectivity index (χ0v) is 20.0. The number of carbonyl (C=O) groups is 2. The summed E-state index contributed by atoms with van der Waals surface area (Å²) in [5, 5.41) is 9.74. The summed E-state index contributed by atoms with van der Waals surface area (Å²) >= 11 is 0. The largest absolute Gasteiger partial charge is 0.493 e. The summed E-state index contributed by atoms with van der Waals surface area (Å²) in [6.07, 6.45) is -1.13. The third-order valence-corrected chi connectivity index (χ3v) is 5.63. The Kier molecular flexibility index (Phi) is 8.01. The van der Waals surface area contributed by atoms with Crippen LogP contribution in [0.5, 0.6) is 17.2 Å². The maximum atomic E-state index is 12.1. The number of ether oxygens (including phenoxy) is 6. The lowest BCUT2D eigenvalue weighted by atomic mass is 9.87. The van der Waals surface area contributed by atoms with Gasteiger partial charge in [0, 0.05) is 23.7 Å². The molecule has 1 N–H and O–H groups in total. The van der Waals surface area contributed by atoms with E-state index < -0.39 is 17.5 Å². The molecule has 0 saturated heterocycles. The molecule has 1 unspecified atom stereocenters. The molecule has 2 aromatic rings. The number of carboxylic acid groups (broad SMARTS) is 1. The summed E-state index contributed by atoms with van der Waals surface area (Å²) in [6, 6.07) is 8.92. The molecule has 2 aromatic carbocycles. The summed E-state index contributed by atoms with van der Waals surface area (Å²) in [5.41, 5.74) is 1.74. The van der Waals surface area contributed by atoms with Gasteiger partial charge in [0.15, 0.2) is 17.6 Å². The number of hydrogen-bond acceptors (Lipinski definition) is 8. The molecule has 1 heterocycles. The van der Waals surface area contributed by atoms with E-state index in [4.69, 9.17) is 28.4 Å². The van der Waals surface area contributed by atoms with E-state index in [0.29, 0.717) is 28.4 Å². The van der Waals surface area contributed by atoms with Crippen LogP contribution in [0.2, 0.25) is 0 Å². The maximum absolute atomic E-state index is 12.1. The van der Waals surface area contributed by atoms with Gasteiger partial charge in [-0.15, -0.1) is 0 Å². The van der Waals surface area contributed by atoms with Gasteiger partial charge in [0.1, 0.15) is 6.61 Å². The van der Waals surface area contributed by atoms with E-state index in [0.717, 1.165) is 11.1 Å². The van der Waals surface area contributed by atoms with Crippen LogP contribution in [0.15, 0.2) is 30.3 Å². The van der Waals surface area contributed by atoms with Crippen molar-refractivity contribution in [1.82, 2.24) is 0 Å². The molecule has 34 heavy (non-hydrogen) atoms. The smallest absolute Gasteiger partial charge is 0.338 e. The Morgan fingerprint density at radius 3 is 2.41 bits per heavy atom. The van der Waals surface area contributed by atoms with Crippen LogP contribution in [0, 0.1) is 5.41 Å². The normalized spacial score (nSPS) is 13.7. The lowest BCUT2D eigenvalue weighted by Gasteiger charge is -2.31. The van der Waals surface area contributed by atoms with Crippen molar-refractivity contribution in [2.24, 2.45) is 5.41 Å². The number of aliphatic carboxylic acids is 1. The highest BCUT2D eigenvalue weighted by molar-refractivity contribution is 5.96. The number of carbonyl (C=O) groups excluding carboxylic acids is 1. The fourth-order valence-corrected chi connectivity index (χ4v) is 3.87. The Bertz CT molecular complexity index is 1040. The lowest BCUT2D eigenvalue weighted by molar-refractivity contribution is -0.162. The Balaban J connectivity index is 2.01. The van der Waals surface area contributed by atoms with Gasteiger partial charge < -0.3 is 33.5 Å². The standard InChI is InChI=1S/C25H30O9/c1-25(2,22(23(26)27)32-12-11-29-3)14-34-20-16(9-10-19(30-4)21(20)31-5)15-7-6-8-17-18(15)13-33-24(17)28/h6-10,22H,11-14H2,1-5H3,(H,26,27). The van der Waals surface area contributed by atoms with E-state index in [1.165, 1.54) is 21.3 Å². The molecular weight excluding hydrogens is 444 g/mol. The van der Waals surface area contributed by atoms with Crippen LogP contribution in [-0.4, -0.2) is 64.3 Å². The highest BCUT2D eigenvalue weighted by Gasteiger charge is 2.38. The molecule has 0 aromatic heterocycles. The number of benzene rings is 2. The predicted octanol–water partition coefficient (Wildman–Crippen LogP) is 3.56. The van der Waals surface area contributed by atoms with Gasteiger partial charge in [0.2, 0.25) is 5.75 Å². The minimum Gasteiger partial charge on any atom is -0.493 e. The number of cyclic esters (lactones) is 1. The summed E-state index contributed by atoms with van der Waals surface area (Å²) in [6.45, 7) is 4.05. The van der Waals surface area contributed by atoms with Crippen LogP contribution in [0.4, 0.5) is 0 Å². The fourth-order valence-electron chi connectivity index (χ4n) is 3.87. The van der Waals surface area contributed by atoms with Gasteiger partial charge in [-0.25, -0.2) is 9.59 Å². The summed E-state index contributed by atoms with van der Waals surface area (Å²) in [4.78, 5) is 24.0. The van der Waals surface area contributed by atoms with E-state index >= 15 is 0 Å². The van der Waals surface area contributed by atoms with E-state index in [2.05, 4.69) is 0 Å². The second-order valence-electron chi connectivity index (χ2n) is 8.44. The van der Waals surface area contributed by atoms with E-state index in [1.54, 1.807) is 32.0 Å². The van der Waals surface area contributed by atoms with Crippen molar-refractivity contribution in [2.45, 2.75) is 26.6 Å². The van der Waals surface area contributed by atoms with Gasteiger partial charge in [-0.1, -0.05) is 26.0 Å². The minimum atomic E-state index is -1.13. The van der Waals surface area contributed by atoms with Gasteiger partial charge in [-0.05, 0) is 23.8 Å². The summed E-state index contributed by atoms with van der Waals surface area (Å²) in [7, 11) is 4.53. The van der Waals surface area contributed by atoms with Crippen molar-refractivity contribution in [1.29, 1.82) is 0 Å². The van der Waals surface area contributed by atoms with Crippen molar-refractivity contribution in [3.8, 4) is 28.4 Å². The van der Waals surface area contributed by atoms with Crippen LogP contribution >= 0.6 is 0 Å². The number of rotatable bonds is 12. The number of esters is 1. The molecule has 1 atom stereocenters. The number of fused-ring (bicyclic) bond motifs is 1. The summed E-state index contributed by atoms with van der Waals surface area (Å²) < 4.78 is 33.0. The first kappa shape index (κ1) is 25.3. The van der Waals surface area contributed by atoms with Crippen molar-refractivity contribution in [3.05, 3.63) is 41.5 Å². The summed E-state index contributed by atoms with van der Waals surface area (Å²) in [5.74, 6) is -0.308. The molecular formula is C25H30O9. The van der Waals surface area contributed by atoms with E-state index in [1.807, 2.05) is 12.1 Å². The number of methoxy groups -OCH3 is 3. The molecule has 3 rings (SSSR count). The highest BCUT2D eigenvalue weighted by Crippen LogP contribution is 2.47. The molecule has 0 saturated carbocycles. The molecule has 1 aliphatic rings. The Labute approximate surface area is 198 Å². The second kappa shape index (κ2) is 10.8. The molecule has 1 aliphatic heterocycles. The van der Waals surface area contributed by atoms with Gasteiger partial charge in [0.25, 0.3) is 0 Å². The van der Waals surface area contributed by atoms with Crippen molar-refractivity contribution < 1.29 is 43.1 Å². The molecule has 9 heteroatoms. The molecule has 0 fully saturated rings. The molecule has 184 valence electrons. The quantitative estimate of drug-likeness (QED) is 0.365. The Morgan fingerprint density at radius 2 is 1.76 bits per heavy atom. The molecule has 0 spiro atoms. The van der Waals surface area contributed by atoms with Crippen molar-refractivity contribution >= 4 is 11.9 Å². The minimum absolute atomic E-state index is 0.00205. The van der Waals surface area contributed by atoms with Crippen LogP contribution in [0.3, 0.4) is 0 Å². The van der Waals surface area contributed by atoms with Gasteiger partial charge >= 0.3 is 11.9 Å². The maximum Gasteiger partial charge on any atom is 0.338 e. The second-order valence-corrected chi connectivity index (χ2v) is 8.44. The van der Waals surface area contributed by atoms with Crippen LogP contribution in [0.1, 0.15) is 29.8 Å². The van der Waals surface area contributed by atoms with Crippen LogP contribution < -0.4 is 14.2 Å². The van der Waals surface area contributed by atoms with Crippen LogP contribution in [-0.2, 0) is 25.6 Å². The third kappa shape index (κ3) is 5.10. The number of carboxylic acids is 1. The topological polar surface area (TPSA) is 110 Å². The fraction of sp³-hybridized carbons (Fsp3) is 0.440. The predicted molar refractivity (Wildman–Crippen MR) is 123 cm³/mol. The monoisotopic (exact) mass is 474 g/mol. The SMILES string of the molecule is COCCOC(C(=O)O)C(C)(C)COc1c(-c2cccc3c2COC3=O)ccc(OC)c1OC. The molecule has 0 radical (unpaired) electrons. The lowest BCUT2D eigenvalue weighted by Crippen LogP contribution is -2.43. The van der Waals surface area contributed by atoms with Gasteiger partial charge in [-0.2, -0.15) is 0 Å². The molecule has 0 aliphatic carbocycles. The number of hydrogen-bond donors (Lipinski definition) is 1. The zero-order valence-electron chi connectivity index (χ0n) is 20.0. The first-order valence-electron chi connectivity index (χ1n) is 10.8.